The molecule has 496 valence electrons. The Balaban J connectivity index is 0.000000566. The minimum Gasteiger partial charge on any atom is -0.466 e. The molecule has 0 fully saturated rings. The Morgan fingerprint density at radius 1 is 0.545 bits per heavy atom. The number of allylic oxidation sites excluding steroid dienone is 1. The van der Waals surface area contributed by atoms with Crippen LogP contribution in [0.1, 0.15) is 205 Å². The van der Waals surface area contributed by atoms with E-state index in [1.165, 1.54) is 101 Å². The Morgan fingerprint density at radius 2 is 0.932 bits per heavy atom. The second-order valence-electron chi connectivity index (χ2n) is 20.9. The van der Waals surface area contributed by atoms with Gasteiger partial charge < -0.3 is 28.5 Å². The molecule has 27 heteroatoms. The lowest BCUT2D eigenvalue weighted by molar-refractivity contribution is -0.142. The number of fused-ring (bicyclic) bond motifs is 3. The molecular formula is C61H95Br2Cl3N10O12. The van der Waals surface area contributed by atoms with Crippen LogP contribution in [0.5, 0.6) is 0 Å². The fourth-order valence-electron chi connectivity index (χ4n) is 8.97. The molecular weight excluding hydrogens is 1330 g/mol. The lowest BCUT2D eigenvalue weighted by atomic mass is 10.1. The van der Waals surface area contributed by atoms with E-state index in [2.05, 4.69) is 77.9 Å². The fraction of sp³-hybridized carbons (Fsp3) is 0.672. The smallest absolute Gasteiger partial charge is 0.329 e. The van der Waals surface area contributed by atoms with Crippen LogP contribution in [0.3, 0.4) is 0 Å². The SMILES string of the molecule is CC(=O)Cl.CC(=O)OCCCCCCCCBr.CC(=O)OCCCCCCCCn1c(C)nc2c1c(=O)[nH]c(=O)n2C.CC(=O)OCCCCCCCCn1c(C)nc2nc(Cl)nc(Cl)c21.Cn1c2c(c(=O)[nH]c1=O)CC=C2.OCCCCCCCCBr. The topological polar surface area (TPSA) is 287 Å². The van der Waals surface area contributed by atoms with Gasteiger partial charge in [-0.15, -0.1) is 0 Å². The minimum atomic E-state index is -0.448. The van der Waals surface area contributed by atoms with E-state index in [4.69, 9.17) is 42.5 Å². The summed E-state index contributed by atoms with van der Waals surface area (Å²) in [6.07, 6.45) is 31.6. The second-order valence-corrected chi connectivity index (χ2v) is 23.7. The van der Waals surface area contributed by atoms with Crippen LogP contribution >= 0.6 is 66.7 Å². The number of unbranched alkanes of at least 4 members (excludes halogenated alkanes) is 20. The Labute approximate surface area is 548 Å². The van der Waals surface area contributed by atoms with Crippen molar-refractivity contribution in [1.82, 2.24) is 48.2 Å². The van der Waals surface area contributed by atoms with Gasteiger partial charge in [-0.25, -0.2) is 24.5 Å². The maximum Gasteiger partial charge on any atom is 0.329 e. The van der Waals surface area contributed by atoms with Crippen LogP contribution in [0.15, 0.2) is 25.3 Å². The van der Waals surface area contributed by atoms with Gasteiger partial charge in [0.05, 0.1) is 25.5 Å². The summed E-state index contributed by atoms with van der Waals surface area (Å²) in [5.74, 6) is 1.00. The number of halogens is 5. The van der Waals surface area contributed by atoms with Gasteiger partial charge in [-0.1, -0.05) is 152 Å². The first-order valence-electron chi connectivity index (χ1n) is 30.5. The molecule has 5 aromatic rings. The summed E-state index contributed by atoms with van der Waals surface area (Å²) >= 11 is 23.4. The van der Waals surface area contributed by atoms with Crippen molar-refractivity contribution in [2.45, 2.75) is 215 Å². The average molecular weight is 1430 g/mol. The molecule has 5 heterocycles. The van der Waals surface area contributed by atoms with Crippen LogP contribution in [0.25, 0.3) is 28.4 Å². The van der Waals surface area contributed by atoms with Gasteiger partial charge in [0, 0.05) is 77.7 Å². The third-order valence-electron chi connectivity index (χ3n) is 13.5. The number of hydrogen-bond donors (Lipinski definition) is 3. The van der Waals surface area contributed by atoms with E-state index in [1.54, 1.807) is 20.2 Å². The molecule has 1 aliphatic carbocycles. The molecule has 0 spiro atoms. The van der Waals surface area contributed by atoms with Crippen molar-refractivity contribution in [3.05, 3.63) is 81.1 Å². The summed E-state index contributed by atoms with van der Waals surface area (Å²) in [5.41, 5.74) is 2.13. The summed E-state index contributed by atoms with van der Waals surface area (Å²) < 4.78 is 21.4. The summed E-state index contributed by atoms with van der Waals surface area (Å²) in [6.45, 7) is 12.9. The van der Waals surface area contributed by atoms with E-state index >= 15 is 0 Å². The summed E-state index contributed by atoms with van der Waals surface area (Å²) in [6, 6.07) is 0. The number of carbonyl (C=O) groups excluding carboxylic acids is 4. The van der Waals surface area contributed by atoms with Gasteiger partial charge in [-0.3, -0.25) is 47.9 Å². The van der Waals surface area contributed by atoms with Gasteiger partial charge in [0.25, 0.3) is 11.1 Å². The average Bonchev–Trinajstić information content (AvgIpc) is 1.69. The zero-order valence-electron chi connectivity index (χ0n) is 52.9. The number of H-pyrrole nitrogens is 2. The molecule has 0 aliphatic heterocycles. The number of aromatic nitrogens is 10. The van der Waals surface area contributed by atoms with Crippen molar-refractivity contribution < 1.29 is 38.5 Å². The molecule has 0 unspecified atom stereocenters. The Kier molecular flexibility index (Phi) is 44.9. The van der Waals surface area contributed by atoms with Crippen LogP contribution in [0.2, 0.25) is 10.4 Å². The Morgan fingerprint density at radius 3 is 1.38 bits per heavy atom. The summed E-state index contributed by atoms with van der Waals surface area (Å²) in [7, 11) is 3.25. The first-order chi connectivity index (χ1) is 42.0. The molecule has 0 saturated heterocycles. The van der Waals surface area contributed by atoms with E-state index in [0.29, 0.717) is 66.9 Å². The normalized spacial score (nSPS) is 11.0. The van der Waals surface area contributed by atoms with Crippen LogP contribution < -0.4 is 22.5 Å². The lowest BCUT2D eigenvalue weighted by Gasteiger charge is -2.07. The molecule has 0 bridgehead atoms. The molecule has 5 aromatic heterocycles. The standard InChI is InChI=1S/C17H26N4O4.C16H22Cl2N4O2.C10H19BrO2.C8H17BrO.C8H8N2O2.C2H3ClO/c1-12-18-15-14(16(23)19-17(24)20(15)3)21(12)10-8-6-4-5-7-9-11-25-13(2)22;1-11-19-15-13(14(17)20-16(18)21-15)22(11)9-7-5-3-4-6-8-10-24-12(2)23;1-10(12)13-9-7-5-3-2-4-6-8-11;9-7-5-3-1-2-4-6-8-10;1-10-6-4-2-3-5(6)7(11)9-8(10)12;1-2(3)4/h4-11H2,1-3H3,(H,19,23,24);3-10H2,1-2H3;2-9H2,1H3;10H,1-8H2;2,4H,3H2,1H3,(H,9,11,12);1H3. The Bertz CT molecular complexity index is 3110. The van der Waals surface area contributed by atoms with Crippen LogP contribution in [0, 0.1) is 13.8 Å². The van der Waals surface area contributed by atoms with Crippen molar-refractivity contribution in [1.29, 1.82) is 0 Å². The van der Waals surface area contributed by atoms with Crippen LogP contribution in [-0.2, 0) is 67.0 Å². The highest BCUT2D eigenvalue weighted by molar-refractivity contribution is 9.09. The van der Waals surface area contributed by atoms with Crippen molar-refractivity contribution >= 4 is 118 Å². The number of aromatic amines is 2. The number of imidazole rings is 2. The van der Waals surface area contributed by atoms with Gasteiger partial charge in [0.15, 0.2) is 22.0 Å². The number of carbonyl (C=O) groups is 4. The number of hydrogen-bond acceptors (Lipinski definition) is 16. The molecule has 0 amide bonds. The maximum absolute atomic E-state index is 12.1. The van der Waals surface area contributed by atoms with Gasteiger partial charge in [0.1, 0.15) is 17.2 Å². The highest BCUT2D eigenvalue weighted by atomic mass is 79.9. The molecule has 6 rings (SSSR count). The number of aliphatic hydroxyl groups excluding tert-OH is 1. The molecule has 88 heavy (non-hydrogen) atoms. The first kappa shape index (κ1) is 81.0. The molecule has 0 atom stereocenters. The number of esters is 3. The molecule has 22 nitrogen and oxygen atoms in total. The number of aryl methyl sites for hydroxylation is 5. The molecule has 0 saturated carbocycles. The van der Waals surface area contributed by atoms with Gasteiger partial charge in [-0.2, -0.15) is 4.98 Å². The van der Waals surface area contributed by atoms with Crippen molar-refractivity contribution in [3.63, 3.8) is 0 Å². The van der Waals surface area contributed by atoms with Crippen molar-refractivity contribution in [2.75, 3.05) is 37.1 Å². The number of rotatable bonds is 33. The number of aliphatic hydroxyl groups is 1. The number of nitrogens with zero attached hydrogens (tertiary/aromatic N) is 8. The summed E-state index contributed by atoms with van der Waals surface area (Å²) in [5, 5.41) is 10.8. The van der Waals surface area contributed by atoms with Gasteiger partial charge in [-0.05, 0) is 101 Å². The molecule has 3 N–H and O–H groups in total. The van der Waals surface area contributed by atoms with Crippen LogP contribution in [0.4, 0.5) is 0 Å². The quantitative estimate of drug-likeness (QED) is 0.00669. The van der Waals surface area contributed by atoms with E-state index in [9.17, 15) is 38.4 Å². The Hall–Kier alpha value is -5.01. The number of alkyl halides is 2. The van der Waals surface area contributed by atoms with E-state index in [1.807, 2.05) is 24.5 Å². The van der Waals surface area contributed by atoms with E-state index in [0.717, 1.165) is 130 Å². The minimum absolute atomic E-state index is 0.117. The third kappa shape index (κ3) is 34.8. The predicted molar refractivity (Wildman–Crippen MR) is 357 cm³/mol. The fourth-order valence-corrected chi connectivity index (χ4v) is 10.2. The zero-order valence-corrected chi connectivity index (χ0v) is 58.3. The maximum atomic E-state index is 12.1. The monoisotopic (exact) mass is 1420 g/mol. The second kappa shape index (κ2) is 48.8. The van der Waals surface area contributed by atoms with Crippen molar-refractivity contribution in [2.24, 2.45) is 14.1 Å². The van der Waals surface area contributed by atoms with E-state index < -0.39 is 5.69 Å². The van der Waals surface area contributed by atoms with Gasteiger partial charge >= 0.3 is 29.3 Å². The van der Waals surface area contributed by atoms with Crippen molar-refractivity contribution in [3.8, 4) is 0 Å². The number of nitrogens with one attached hydrogen (secondary N) is 2. The number of ether oxygens (including phenoxy) is 3. The van der Waals surface area contributed by atoms with Gasteiger partial charge in [0.2, 0.25) is 10.5 Å². The predicted octanol–water partition coefficient (Wildman–Crippen LogP) is 12.4. The first-order valence-corrected chi connectivity index (χ1v) is 33.9. The molecule has 1 aliphatic rings. The third-order valence-corrected chi connectivity index (χ3v) is 15.1. The molecule has 0 radical (unpaired) electrons. The highest BCUT2D eigenvalue weighted by Crippen LogP contribution is 2.24. The van der Waals surface area contributed by atoms with E-state index in [-0.39, 0.29) is 45.2 Å². The lowest BCUT2D eigenvalue weighted by Crippen LogP contribution is -2.31. The summed E-state index contributed by atoms with van der Waals surface area (Å²) in [4.78, 5) is 108. The molecule has 0 aromatic carbocycles. The highest BCUT2D eigenvalue weighted by Gasteiger charge is 2.17. The largest absolute Gasteiger partial charge is 0.466 e. The van der Waals surface area contributed by atoms with Crippen LogP contribution in [-0.4, -0.2) is 114 Å². The zero-order chi connectivity index (χ0) is 65.8.